The molecule has 1 unspecified atom stereocenters. The fraction of sp³-hybridized carbons (Fsp3) is 0.345. The number of fused-ring (bicyclic) bond motifs is 1. The van der Waals surface area contributed by atoms with Crippen LogP contribution in [-0.4, -0.2) is 43.2 Å². The first-order valence-corrected chi connectivity index (χ1v) is 14.9. The summed E-state index contributed by atoms with van der Waals surface area (Å²) < 4.78 is 28.0. The van der Waals surface area contributed by atoms with Crippen LogP contribution in [0.5, 0.6) is 0 Å². The average molecular weight is 523 g/mol. The summed E-state index contributed by atoms with van der Waals surface area (Å²) in [4.78, 5) is 17.0. The molecule has 1 amide bonds. The van der Waals surface area contributed by atoms with E-state index in [-0.39, 0.29) is 18.5 Å². The first-order valence-electron chi connectivity index (χ1n) is 12.5. The number of hydrogen-bond donors (Lipinski definition) is 0. The Morgan fingerprint density at radius 2 is 1.81 bits per heavy atom. The fourth-order valence-corrected chi connectivity index (χ4v) is 6.78. The summed E-state index contributed by atoms with van der Waals surface area (Å²) >= 11 is 1.73. The number of hydrogen-bond acceptors (Lipinski definition) is 4. The number of carbonyl (C=O) groups excluding carboxylic acids is 1. The van der Waals surface area contributed by atoms with Gasteiger partial charge in [-0.05, 0) is 59.5 Å². The molecule has 0 radical (unpaired) electrons. The van der Waals surface area contributed by atoms with Crippen LogP contribution in [0.2, 0.25) is 0 Å². The number of carbonyl (C=O) groups is 1. The number of amides is 1. The molecule has 2 heterocycles. The molecule has 7 heteroatoms. The van der Waals surface area contributed by atoms with Crippen molar-refractivity contribution in [2.24, 2.45) is 0 Å². The highest BCUT2D eigenvalue weighted by molar-refractivity contribution is 7.92. The standard InChI is InChI=1S/C29H34N2O3S2/c1-3-4-10-18-30(36(33,34)21-17-24-12-6-5-7-13-24)22-28(32)31-19-15-27-26(16-20-35-27)29(31)25-14-9-8-11-23(25)2/h5-9,11-14,16-17,20-21,29H,3-4,10,15,18-19,22H2,1-2H3. The molecule has 190 valence electrons. The molecule has 1 atom stereocenters. The summed E-state index contributed by atoms with van der Waals surface area (Å²) in [6, 6.07) is 19.4. The van der Waals surface area contributed by atoms with E-state index in [0.717, 1.165) is 47.9 Å². The van der Waals surface area contributed by atoms with Gasteiger partial charge in [0.05, 0.1) is 12.6 Å². The summed E-state index contributed by atoms with van der Waals surface area (Å²) in [5.41, 5.74) is 4.17. The van der Waals surface area contributed by atoms with Gasteiger partial charge in [-0.1, -0.05) is 74.4 Å². The van der Waals surface area contributed by atoms with Gasteiger partial charge in [0.1, 0.15) is 0 Å². The van der Waals surface area contributed by atoms with Crippen LogP contribution in [0.25, 0.3) is 6.08 Å². The van der Waals surface area contributed by atoms with Gasteiger partial charge in [0, 0.05) is 23.4 Å². The maximum Gasteiger partial charge on any atom is 0.238 e. The van der Waals surface area contributed by atoms with Crippen molar-refractivity contribution in [3.63, 3.8) is 0 Å². The van der Waals surface area contributed by atoms with Crippen molar-refractivity contribution < 1.29 is 13.2 Å². The van der Waals surface area contributed by atoms with Gasteiger partial charge in [0.2, 0.25) is 15.9 Å². The minimum atomic E-state index is -3.77. The Hall–Kier alpha value is -2.74. The number of sulfonamides is 1. The summed E-state index contributed by atoms with van der Waals surface area (Å²) in [6.07, 6.45) is 5.00. The normalized spacial score (nSPS) is 16.0. The van der Waals surface area contributed by atoms with E-state index < -0.39 is 10.0 Å². The Morgan fingerprint density at radius 3 is 2.56 bits per heavy atom. The van der Waals surface area contributed by atoms with Gasteiger partial charge in [-0.25, -0.2) is 8.42 Å². The van der Waals surface area contributed by atoms with Crippen LogP contribution in [0.3, 0.4) is 0 Å². The molecule has 2 aromatic carbocycles. The zero-order chi connectivity index (χ0) is 25.5. The Balaban J connectivity index is 1.61. The summed E-state index contributed by atoms with van der Waals surface area (Å²) in [5, 5.41) is 3.31. The predicted molar refractivity (Wildman–Crippen MR) is 148 cm³/mol. The van der Waals surface area contributed by atoms with Crippen molar-refractivity contribution in [1.29, 1.82) is 0 Å². The number of rotatable bonds is 10. The highest BCUT2D eigenvalue weighted by Crippen LogP contribution is 2.39. The second-order valence-electron chi connectivity index (χ2n) is 9.19. The third-order valence-electron chi connectivity index (χ3n) is 6.68. The molecule has 0 saturated carbocycles. The van der Waals surface area contributed by atoms with Crippen LogP contribution in [0.1, 0.15) is 59.4 Å². The van der Waals surface area contributed by atoms with E-state index in [4.69, 9.17) is 0 Å². The average Bonchev–Trinajstić information content (AvgIpc) is 3.36. The molecule has 0 aliphatic carbocycles. The number of aryl methyl sites for hydroxylation is 1. The molecular weight excluding hydrogens is 488 g/mol. The first-order chi connectivity index (χ1) is 17.4. The molecule has 36 heavy (non-hydrogen) atoms. The van der Waals surface area contributed by atoms with Crippen molar-refractivity contribution >= 4 is 33.3 Å². The van der Waals surface area contributed by atoms with Crippen LogP contribution < -0.4 is 0 Å². The van der Waals surface area contributed by atoms with Gasteiger partial charge in [0.25, 0.3) is 0 Å². The van der Waals surface area contributed by atoms with E-state index in [1.807, 2.05) is 47.4 Å². The highest BCUT2D eigenvalue weighted by atomic mass is 32.2. The molecule has 0 fully saturated rings. The number of thiophene rings is 1. The monoisotopic (exact) mass is 522 g/mol. The highest BCUT2D eigenvalue weighted by Gasteiger charge is 2.35. The van der Waals surface area contributed by atoms with Gasteiger partial charge in [-0.2, -0.15) is 4.31 Å². The lowest BCUT2D eigenvalue weighted by atomic mass is 9.90. The van der Waals surface area contributed by atoms with E-state index in [1.165, 1.54) is 14.6 Å². The Labute approximate surface area is 219 Å². The third kappa shape index (κ3) is 6.14. The largest absolute Gasteiger partial charge is 0.330 e. The predicted octanol–water partition coefficient (Wildman–Crippen LogP) is 6.02. The molecule has 5 nitrogen and oxygen atoms in total. The smallest absolute Gasteiger partial charge is 0.238 e. The minimum absolute atomic E-state index is 0.159. The summed E-state index contributed by atoms with van der Waals surface area (Å²) in [5.74, 6) is -0.159. The van der Waals surface area contributed by atoms with Crippen LogP contribution in [-0.2, 0) is 21.2 Å². The van der Waals surface area contributed by atoms with E-state index in [2.05, 4.69) is 37.4 Å². The zero-order valence-corrected chi connectivity index (χ0v) is 22.6. The molecule has 4 rings (SSSR count). The van der Waals surface area contributed by atoms with Gasteiger partial charge in [-0.15, -0.1) is 11.3 Å². The number of unbranched alkanes of at least 4 members (excludes halogenated alkanes) is 2. The number of benzene rings is 2. The molecule has 1 aliphatic rings. The SMILES string of the molecule is CCCCCN(CC(=O)N1CCc2sccc2C1c1ccccc1C)S(=O)(=O)C=Cc1ccccc1. The van der Waals surface area contributed by atoms with Crippen molar-refractivity contribution in [2.45, 2.75) is 45.6 Å². The third-order valence-corrected chi connectivity index (χ3v) is 9.19. The van der Waals surface area contributed by atoms with Gasteiger partial charge >= 0.3 is 0 Å². The van der Waals surface area contributed by atoms with Crippen LogP contribution in [0, 0.1) is 6.92 Å². The zero-order valence-electron chi connectivity index (χ0n) is 21.0. The van der Waals surface area contributed by atoms with E-state index in [1.54, 1.807) is 17.4 Å². The Bertz CT molecular complexity index is 1300. The second-order valence-corrected chi connectivity index (χ2v) is 12.0. The molecular formula is C29H34N2O3S2. The van der Waals surface area contributed by atoms with Crippen molar-refractivity contribution in [2.75, 3.05) is 19.6 Å². The molecule has 1 aliphatic heterocycles. The number of nitrogens with zero attached hydrogens (tertiary/aromatic N) is 2. The fourth-order valence-electron chi connectivity index (χ4n) is 4.70. The lowest BCUT2D eigenvalue weighted by Crippen LogP contribution is -2.46. The molecule has 3 aromatic rings. The first kappa shape index (κ1) is 26.3. The molecule has 0 N–H and O–H groups in total. The van der Waals surface area contributed by atoms with Crippen LogP contribution in [0.4, 0.5) is 0 Å². The quantitative estimate of drug-likeness (QED) is 0.306. The lowest BCUT2D eigenvalue weighted by Gasteiger charge is -2.38. The van der Waals surface area contributed by atoms with Gasteiger partial charge in [-0.3, -0.25) is 4.79 Å². The van der Waals surface area contributed by atoms with Gasteiger partial charge < -0.3 is 4.90 Å². The summed E-state index contributed by atoms with van der Waals surface area (Å²) in [7, 11) is -3.77. The van der Waals surface area contributed by atoms with E-state index in [9.17, 15) is 13.2 Å². The van der Waals surface area contributed by atoms with Crippen molar-refractivity contribution in [3.8, 4) is 0 Å². The maximum absolute atomic E-state index is 13.8. The maximum atomic E-state index is 13.8. The van der Waals surface area contributed by atoms with Crippen LogP contribution in [0.15, 0.2) is 71.5 Å². The minimum Gasteiger partial charge on any atom is -0.330 e. The van der Waals surface area contributed by atoms with Crippen LogP contribution >= 0.6 is 11.3 Å². The topological polar surface area (TPSA) is 57.7 Å². The van der Waals surface area contributed by atoms with Crippen molar-refractivity contribution in [3.05, 3.63) is 98.6 Å². The molecule has 0 spiro atoms. The molecule has 0 saturated heterocycles. The summed E-state index contributed by atoms with van der Waals surface area (Å²) in [6.45, 7) is 4.89. The Kier molecular flexibility index (Phi) is 8.77. The van der Waals surface area contributed by atoms with Crippen molar-refractivity contribution in [1.82, 2.24) is 9.21 Å². The van der Waals surface area contributed by atoms with Gasteiger partial charge in [0.15, 0.2) is 0 Å². The van der Waals surface area contributed by atoms with E-state index >= 15 is 0 Å². The second kappa shape index (κ2) is 12.0. The van der Waals surface area contributed by atoms with E-state index in [0.29, 0.717) is 13.1 Å². The molecule has 0 bridgehead atoms. The molecule has 1 aromatic heterocycles. The lowest BCUT2D eigenvalue weighted by molar-refractivity contribution is -0.133. The Morgan fingerprint density at radius 1 is 1.06 bits per heavy atom.